The second kappa shape index (κ2) is 6.47. The molecule has 1 aliphatic rings. The van der Waals surface area contributed by atoms with E-state index in [2.05, 4.69) is 0 Å². The number of carbonyl (C=O) groups excluding carboxylic acids is 1. The molecular formula is C15H19NO5. The normalized spacial score (nSPS) is 15.6. The average Bonchev–Trinajstić information content (AvgIpc) is 2.47. The number of rotatable bonds is 4. The van der Waals surface area contributed by atoms with Crippen molar-refractivity contribution < 1.29 is 24.2 Å². The summed E-state index contributed by atoms with van der Waals surface area (Å²) >= 11 is 0. The lowest BCUT2D eigenvalue weighted by atomic mass is 10.1. The minimum absolute atomic E-state index is 0.0287. The molecule has 1 fully saturated rings. The number of ether oxygens (including phenoxy) is 2. The molecule has 114 valence electrons. The van der Waals surface area contributed by atoms with E-state index in [9.17, 15) is 9.59 Å². The maximum Gasteiger partial charge on any atom is 0.339 e. The highest BCUT2D eigenvalue weighted by Gasteiger charge is 2.22. The highest BCUT2D eigenvalue weighted by Crippen LogP contribution is 2.27. The van der Waals surface area contributed by atoms with E-state index in [-0.39, 0.29) is 23.3 Å². The van der Waals surface area contributed by atoms with Crippen LogP contribution in [0.4, 0.5) is 0 Å². The van der Waals surface area contributed by atoms with E-state index in [0.717, 1.165) is 12.8 Å². The van der Waals surface area contributed by atoms with Crippen LogP contribution in [0.1, 0.15) is 30.1 Å². The summed E-state index contributed by atoms with van der Waals surface area (Å²) in [5, 5.41) is 9.03. The lowest BCUT2D eigenvalue weighted by Gasteiger charge is -2.31. The second-order valence-electron chi connectivity index (χ2n) is 4.99. The van der Waals surface area contributed by atoms with Crippen molar-refractivity contribution in [3.63, 3.8) is 0 Å². The number of hydrogen-bond donors (Lipinski definition) is 1. The summed E-state index contributed by atoms with van der Waals surface area (Å²) in [6.07, 6.45) is 1.56. The van der Waals surface area contributed by atoms with Gasteiger partial charge in [0.05, 0.1) is 7.11 Å². The van der Waals surface area contributed by atoms with E-state index in [0.29, 0.717) is 18.8 Å². The predicted octanol–water partition coefficient (Wildman–Crippen LogP) is 1.78. The molecule has 0 unspecified atom stereocenters. The first-order valence-corrected chi connectivity index (χ1v) is 6.84. The molecule has 0 radical (unpaired) electrons. The number of methoxy groups -OCH3 is 1. The number of piperidine rings is 1. The third-order valence-corrected chi connectivity index (χ3v) is 3.59. The van der Waals surface area contributed by atoms with Gasteiger partial charge in [0.15, 0.2) is 0 Å². The Hall–Kier alpha value is -2.24. The summed E-state index contributed by atoms with van der Waals surface area (Å²) in [5.41, 5.74) is 0.108. The fourth-order valence-electron chi connectivity index (χ4n) is 2.40. The zero-order valence-electron chi connectivity index (χ0n) is 12.2. The number of benzene rings is 1. The van der Waals surface area contributed by atoms with Gasteiger partial charge in [0.1, 0.15) is 23.2 Å². The van der Waals surface area contributed by atoms with Crippen molar-refractivity contribution in [1.82, 2.24) is 4.90 Å². The lowest BCUT2D eigenvalue weighted by Crippen LogP contribution is -2.40. The van der Waals surface area contributed by atoms with Gasteiger partial charge >= 0.3 is 5.97 Å². The first-order chi connectivity index (χ1) is 10.0. The average molecular weight is 293 g/mol. The molecule has 1 aromatic rings. The van der Waals surface area contributed by atoms with Crippen LogP contribution in [0.2, 0.25) is 0 Å². The molecule has 1 amide bonds. The van der Waals surface area contributed by atoms with Crippen molar-refractivity contribution >= 4 is 11.9 Å². The molecule has 2 rings (SSSR count). The third kappa shape index (κ3) is 3.65. The molecule has 6 nitrogen and oxygen atoms in total. The van der Waals surface area contributed by atoms with E-state index in [4.69, 9.17) is 14.6 Å². The van der Waals surface area contributed by atoms with E-state index < -0.39 is 5.97 Å². The Morgan fingerprint density at radius 3 is 2.48 bits per heavy atom. The molecular weight excluding hydrogens is 274 g/mol. The number of carbonyl (C=O) groups is 2. The Bertz CT molecular complexity index is 535. The van der Waals surface area contributed by atoms with Crippen molar-refractivity contribution in [3.05, 3.63) is 23.8 Å². The van der Waals surface area contributed by atoms with Crippen LogP contribution in [-0.4, -0.2) is 48.2 Å². The van der Waals surface area contributed by atoms with Gasteiger partial charge in [-0.25, -0.2) is 4.79 Å². The quantitative estimate of drug-likeness (QED) is 0.915. The largest absolute Gasteiger partial charge is 0.496 e. The van der Waals surface area contributed by atoms with Gasteiger partial charge in [-0.1, -0.05) is 0 Å². The maximum absolute atomic E-state index is 11.3. The Morgan fingerprint density at radius 2 is 1.95 bits per heavy atom. The summed E-state index contributed by atoms with van der Waals surface area (Å²) in [4.78, 5) is 24.1. The number of carboxylic acid groups (broad SMARTS) is 1. The highest BCUT2D eigenvalue weighted by atomic mass is 16.5. The summed E-state index contributed by atoms with van der Waals surface area (Å²) in [6, 6.07) is 4.69. The first kappa shape index (κ1) is 15.2. The molecule has 0 saturated carbocycles. The number of nitrogens with zero attached hydrogens (tertiary/aromatic N) is 1. The van der Waals surface area contributed by atoms with Crippen molar-refractivity contribution in [2.45, 2.75) is 25.9 Å². The molecule has 1 saturated heterocycles. The number of aromatic carboxylic acids is 1. The molecule has 0 spiro atoms. The maximum atomic E-state index is 11.3. The molecule has 1 heterocycles. The minimum Gasteiger partial charge on any atom is -0.496 e. The van der Waals surface area contributed by atoms with Crippen molar-refractivity contribution in [3.8, 4) is 11.5 Å². The Labute approximate surface area is 123 Å². The number of hydrogen-bond acceptors (Lipinski definition) is 4. The van der Waals surface area contributed by atoms with Crippen LogP contribution in [0.3, 0.4) is 0 Å². The summed E-state index contributed by atoms with van der Waals surface area (Å²) < 4.78 is 10.9. The molecule has 1 aliphatic heterocycles. The van der Waals surface area contributed by atoms with Crippen molar-refractivity contribution in [2.75, 3.05) is 20.2 Å². The van der Waals surface area contributed by atoms with Crippen molar-refractivity contribution in [2.24, 2.45) is 0 Å². The van der Waals surface area contributed by atoms with E-state index >= 15 is 0 Å². The summed E-state index contributed by atoms with van der Waals surface area (Å²) in [6.45, 7) is 2.94. The van der Waals surface area contributed by atoms with E-state index in [1.165, 1.54) is 13.2 Å². The number of likely N-dealkylation sites (tertiary alicyclic amines) is 1. The molecule has 1 N–H and O–H groups in total. The lowest BCUT2D eigenvalue weighted by molar-refractivity contribution is -0.130. The van der Waals surface area contributed by atoms with Gasteiger partial charge in [-0.2, -0.15) is 0 Å². The Kier molecular flexibility index (Phi) is 4.67. The van der Waals surface area contributed by atoms with Gasteiger partial charge in [-0.05, 0) is 12.1 Å². The molecule has 0 aromatic heterocycles. The fourth-order valence-corrected chi connectivity index (χ4v) is 2.40. The summed E-state index contributed by atoms with van der Waals surface area (Å²) in [5.74, 6) is -0.0895. The van der Waals surface area contributed by atoms with Gasteiger partial charge < -0.3 is 19.5 Å². The van der Waals surface area contributed by atoms with Gasteiger partial charge in [-0.3, -0.25) is 4.79 Å². The van der Waals surface area contributed by atoms with Crippen LogP contribution in [0, 0.1) is 0 Å². The second-order valence-corrected chi connectivity index (χ2v) is 4.99. The molecule has 1 aromatic carbocycles. The van der Waals surface area contributed by atoms with Crippen LogP contribution in [0.5, 0.6) is 11.5 Å². The van der Waals surface area contributed by atoms with Gasteiger partial charge in [0.25, 0.3) is 0 Å². The molecule has 0 aliphatic carbocycles. The highest BCUT2D eigenvalue weighted by molar-refractivity contribution is 5.91. The van der Waals surface area contributed by atoms with E-state index in [1.54, 1.807) is 24.0 Å². The Balaban J connectivity index is 2.01. The predicted molar refractivity (Wildman–Crippen MR) is 75.9 cm³/mol. The van der Waals surface area contributed by atoms with E-state index in [1.807, 2.05) is 0 Å². The topological polar surface area (TPSA) is 76.1 Å². The van der Waals surface area contributed by atoms with Crippen LogP contribution in [0.25, 0.3) is 0 Å². The molecule has 6 heteroatoms. The smallest absolute Gasteiger partial charge is 0.339 e. The van der Waals surface area contributed by atoms with Crippen LogP contribution < -0.4 is 9.47 Å². The number of amides is 1. The first-order valence-electron chi connectivity index (χ1n) is 6.84. The third-order valence-electron chi connectivity index (χ3n) is 3.59. The van der Waals surface area contributed by atoms with Crippen LogP contribution >= 0.6 is 0 Å². The van der Waals surface area contributed by atoms with Gasteiger partial charge in [0, 0.05) is 38.9 Å². The Morgan fingerprint density at radius 1 is 1.29 bits per heavy atom. The van der Waals surface area contributed by atoms with Gasteiger partial charge in [-0.15, -0.1) is 0 Å². The zero-order valence-corrected chi connectivity index (χ0v) is 12.2. The number of carboxylic acids is 1. The molecule has 21 heavy (non-hydrogen) atoms. The zero-order chi connectivity index (χ0) is 15.4. The standard InChI is InChI=1S/C15H19NO5/c1-10(17)16-7-5-11(6-8-16)21-12-3-4-13(15(18)19)14(9-12)20-2/h3-4,9,11H,5-8H2,1-2H3,(H,18,19). The molecule has 0 bridgehead atoms. The SMILES string of the molecule is COc1cc(OC2CCN(C(C)=O)CC2)ccc1C(=O)O. The van der Waals surface area contributed by atoms with Crippen LogP contribution in [0.15, 0.2) is 18.2 Å². The monoisotopic (exact) mass is 293 g/mol. The van der Waals surface area contributed by atoms with Gasteiger partial charge in [0.2, 0.25) is 5.91 Å². The molecule has 0 atom stereocenters. The van der Waals surface area contributed by atoms with Crippen molar-refractivity contribution in [1.29, 1.82) is 0 Å². The van der Waals surface area contributed by atoms with Crippen LogP contribution in [-0.2, 0) is 4.79 Å². The minimum atomic E-state index is -1.03. The fraction of sp³-hybridized carbons (Fsp3) is 0.467. The summed E-state index contributed by atoms with van der Waals surface area (Å²) in [7, 11) is 1.43.